The highest BCUT2D eigenvalue weighted by molar-refractivity contribution is 5.75. The molecule has 0 bridgehead atoms. The van der Waals surface area contributed by atoms with Gasteiger partial charge < -0.3 is 15.3 Å². The summed E-state index contributed by atoms with van der Waals surface area (Å²) in [5, 5.41) is 11.4. The van der Waals surface area contributed by atoms with E-state index in [0.717, 1.165) is 13.0 Å². The zero-order valence-corrected chi connectivity index (χ0v) is 10.9. The maximum absolute atomic E-state index is 11.3. The normalized spacial score (nSPS) is 10.1. The number of aliphatic hydroxyl groups excluding tert-OH is 1. The Labute approximate surface area is 109 Å². The van der Waals surface area contributed by atoms with Crippen molar-refractivity contribution in [3.63, 3.8) is 0 Å². The molecule has 0 aliphatic carbocycles. The van der Waals surface area contributed by atoms with E-state index < -0.39 is 0 Å². The van der Waals surface area contributed by atoms with Crippen LogP contribution < -0.4 is 10.2 Å². The topological polar surface area (TPSA) is 52.6 Å². The molecule has 0 aliphatic rings. The molecule has 1 aromatic carbocycles. The van der Waals surface area contributed by atoms with E-state index in [0.29, 0.717) is 19.4 Å². The first kappa shape index (κ1) is 14.5. The second-order valence-electron chi connectivity index (χ2n) is 4.29. The predicted molar refractivity (Wildman–Crippen MR) is 73.7 cm³/mol. The van der Waals surface area contributed by atoms with Gasteiger partial charge in [0.1, 0.15) is 0 Å². The molecule has 18 heavy (non-hydrogen) atoms. The average molecular weight is 250 g/mol. The van der Waals surface area contributed by atoms with Crippen LogP contribution in [0, 0.1) is 0 Å². The lowest BCUT2D eigenvalue weighted by Crippen LogP contribution is -2.28. The standard InChI is InChI=1S/C14H22N2O2/c1-16(13-7-3-2-4-8-13)11-6-10-15-14(18)9-5-12-17/h2-4,7-8,17H,5-6,9-12H2,1H3,(H,15,18). The summed E-state index contributed by atoms with van der Waals surface area (Å²) in [5.41, 5.74) is 1.18. The molecule has 1 amide bonds. The second kappa shape index (κ2) is 8.53. The lowest BCUT2D eigenvalue weighted by Gasteiger charge is -2.19. The minimum Gasteiger partial charge on any atom is -0.396 e. The van der Waals surface area contributed by atoms with Gasteiger partial charge in [-0.25, -0.2) is 0 Å². The van der Waals surface area contributed by atoms with Gasteiger partial charge in [0.05, 0.1) is 0 Å². The van der Waals surface area contributed by atoms with E-state index in [9.17, 15) is 4.79 Å². The number of amides is 1. The third-order valence-electron chi connectivity index (χ3n) is 2.75. The fourth-order valence-corrected chi connectivity index (χ4v) is 1.68. The van der Waals surface area contributed by atoms with Crippen molar-refractivity contribution in [3.05, 3.63) is 30.3 Å². The highest BCUT2D eigenvalue weighted by Gasteiger charge is 2.01. The van der Waals surface area contributed by atoms with Crippen molar-refractivity contribution in [2.45, 2.75) is 19.3 Å². The van der Waals surface area contributed by atoms with Gasteiger partial charge in [-0.2, -0.15) is 0 Å². The van der Waals surface area contributed by atoms with E-state index in [1.807, 2.05) is 25.2 Å². The van der Waals surface area contributed by atoms with E-state index in [4.69, 9.17) is 5.11 Å². The maximum atomic E-state index is 11.3. The van der Waals surface area contributed by atoms with E-state index in [2.05, 4.69) is 22.3 Å². The summed E-state index contributed by atoms with van der Waals surface area (Å²) in [6.07, 6.45) is 1.86. The SMILES string of the molecule is CN(CCCNC(=O)CCCO)c1ccccc1. The summed E-state index contributed by atoms with van der Waals surface area (Å²) < 4.78 is 0. The summed E-state index contributed by atoms with van der Waals surface area (Å²) in [6, 6.07) is 10.2. The molecule has 0 atom stereocenters. The Hall–Kier alpha value is -1.55. The maximum Gasteiger partial charge on any atom is 0.220 e. The molecule has 0 heterocycles. The molecular weight excluding hydrogens is 228 g/mol. The molecule has 0 unspecified atom stereocenters. The van der Waals surface area contributed by atoms with Crippen molar-refractivity contribution in [2.75, 3.05) is 31.6 Å². The summed E-state index contributed by atoms with van der Waals surface area (Å²) in [6.45, 7) is 1.66. The van der Waals surface area contributed by atoms with Gasteiger partial charge in [0.15, 0.2) is 0 Å². The van der Waals surface area contributed by atoms with Gasteiger partial charge in [-0.3, -0.25) is 4.79 Å². The molecule has 0 aromatic heterocycles. The second-order valence-corrected chi connectivity index (χ2v) is 4.29. The molecule has 1 aromatic rings. The lowest BCUT2D eigenvalue weighted by atomic mass is 10.2. The monoisotopic (exact) mass is 250 g/mol. The number of hydrogen-bond acceptors (Lipinski definition) is 3. The van der Waals surface area contributed by atoms with Crippen LogP contribution in [-0.4, -0.2) is 37.8 Å². The number of hydrogen-bond donors (Lipinski definition) is 2. The summed E-state index contributed by atoms with van der Waals surface area (Å²) in [4.78, 5) is 13.4. The van der Waals surface area contributed by atoms with Crippen molar-refractivity contribution in [1.82, 2.24) is 5.32 Å². The minimum atomic E-state index is 0.0198. The van der Waals surface area contributed by atoms with Gasteiger partial charge >= 0.3 is 0 Å². The van der Waals surface area contributed by atoms with Crippen LogP contribution in [0.15, 0.2) is 30.3 Å². The number of carbonyl (C=O) groups excluding carboxylic acids is 1. The largest absolute Gasteiger partial charge is 0.396 e. The Morgan fingerprint density at radius 3 is 2.67 bits per heavy atom. The molecule has 0 fully saturated rings. The van der Waals surface area contributed by atoms with Crippen LogP contribution in [0.5, 0.6) is 0 Å². The quantitative estimate of drug-likeness (QED) is 0.686. The lowest BCUT2D eigenvalue weighted by molar-refractivity contribution is -0.121. The Morgan fingerprint density at radius 2 is 2.00 bits per heavy atom. The zero-order valence-electron chi connectivity index (χ0n) is 10.9. The molecule has 1 rings (SSSR count). The number of aliphatic hydroxyl groups is 1. The van der Waals surface area contributed by atoms with Crippen molar-refractivity contribution >= 4 is 11.6 Å². The number of nitrogens with one attached hydrogen (secondary N) is 1. The van der Waals surface area contributed by atoms with Gasteiger partial charge in [-0.1, -0.05) is 18.2 Å². The van der Waals surface area contributed by atoms with E-state index in [1.165, 1.54) is 5.69 Å². The molecule has 0 radical (unpaired) electrons. The van der Waals surface area contributed by atoms with Crippen LogP contribution in [0.2, 0.25) is 0 Å². The number of nitrogens with zero attached hydrogens (tertiary/aromatic N) is 1. The Kier molecular flexibility index (Phi) is 6.87. The van der Waals surface area contributed by atoms with Crippen molar-refractivity contribution < 1.29 is 9.90 Å². The third-order valence-corrected chi connectivity index (χ3v) is 2.75. The van der Waals surface area contributed by atoms with Crippen LogP contribution >= 0.6 is 0 Å². The Balaban J connectivity index is 2.13. The van der Waals surface area contributed by atoms with Gasteiger partial charge in [-0.15, -0.1) is 0 Å². The Bertz CT molecular complexity index is 341. The highest BCUT2D eigenvalue weighted by Crippen LogP contribution is 2.10. The van der Waals surface area contributed by atoms with Gasteiger partial charge in [-0.05, 0) is 25.0 Å². The summed E-state index contributed by atoms with van der Waals surface area (Å²) in [5.74, 6) is 0.0198. The van der Waals surface area contributed by atoms with E-state index in [-0.39, 0.29) is 12.5 Å². The number of carbonyl (C=O) groups is 1. The van der Waals surface area contributed by atoms with Crippen molar-refractivity contribution in [1.29, 1.82) is 0 Å². The van der Waals surface area contributed by atoms with Crippen molar-refractivity contribution in [2.24, 2.45) is 0 Å². The highest BCUT2D eigenvalue weighted by atomic mass is 16.3. The zero-order chi connectivity index (χ0) is 13.2. The first-order valence-corrected chi connectivity index (χ1v) is 6.38. The van der Waals surface area contributed by atoms with Crippen LogP contribution in [-0.2, 0) is 4.79 Å². The van der Waals surface area contributed by atoms with Crippen LogP contribution in [0.3, 0.4) is 0 Å². The third kappa shape index (κ3) is 5.68. The van der Waals surface area contributed by atoms with Gasteiger partial charge in [0.25, 0.3) is 0 Å². The molecule has 2 N–H and O–H groups in total. The fraction of sp³-hybridized carbons (Fsp3) is 0.500. The minimum absolute atomic E-state index is 0.0198. The van der Waals surface area contributed by atoms with Gasteiger partial charge in [0, 0.05) is 38.9 Å². The first-order chi connectivity index (χ1) is 8.74. The number of para-hydroxylation sites is 1. The number of rotatable bonds is 8. The van der Waals surface area contributed by atoms with Crippen LogP contribution in [0.1, 0.15) is 19.3 Å². The molecule has 0 saturated carbocycles. The molecule has 100 valence electrons. The van der Waals surface area contributed by atoms with E-state index >= 15 is 0 Å². The predicted octanol–water partition coefficient (Wildman–Crippen LogP) is 1.40. The molecule has 0 spiro atoms. The average Bonchev–Trinajstić information content (AvgIpc) is 2.42. The first-order valence-electron chi connectivity index (χ1n) is 6.38. The number of anilines is 1. The molecule has 0 saturated heterocycles. The van der Waals surface area contributed by atoms with Gasteiger partial charge in [0.2, 0.25) is 5.91 Å². The number of benzene rings is 1. The summed E-state index contributed by atoms with van der Waals surface area (Å²) in [7, 11) is 2.04. The fourth-order valence-electron chi connectivity index (χ4n) is 1.68. The van der Waals surface area contributed by atoms with Crippen LogP contribution in [0.25, 0.3) is 0 Å². The van der Waals surface area contributed by atoms with Crippen LogP contribution in [0.4, 0.5) is 5.69 Å². The molecule has 0 aliphatic heterocycles. The smallest absolute Gasteiger partial charge is 0.220 e. The molecule has 4 nitrogen and oxygen atoms in total. The Morgan fingerprint density at radius 1 is 1.28 bits per heavy atom. The summed E-state index contributed by atoms with van der Waals surface area (Å²) >= 11 is 0. The molecule has 4 heteroatoms. The van der Waals surface area contributed by atoms with E-state index in [1.54, 1.807) is 0 Å². The molecular formula is C14H22N2O2. The van der Waals surface area contributed by atoms with Crippen molar-refractivity contribution in [3.8, 4) is 0 Å².